The van der Waals surface area contributed by atoms with Crippen LogP contribution in [-0.4, -0.2) is 33.2 Å². The number of carbonyl (C=O) groups excluding carboxylic acids is 1. The van der Waals surface area contributed by atoms with Gasteiger partial charge in [-0.25, -0.2) is 0 Å². The third-order valence-electron chi connectivity index (χ3n) is 3.69. The van der Waals surface area contributed by atoms with Gasteiger partial charge in [-0.05, 0) is 41.8 Å². The topological polar surface area (TPSA) is 59.6 Å². The van der Waals surface area contributed by atoms with E-state index in [0.29, 0.717) is 29.6 Å². The number of rotatable bonds is 9. The van der Waals surface area contributed by atoms with Crippen LogP contribution >= 0.6 is 11.6 Å². The highest BCUT2D eigenvalue weighted by molar-refractivity contribution is 6.30. The lowest BCUT2D eigenvalue weighted by Crippen LogP contribution is -2.34. The Morgan fingerprint density at radius 3 is 2.56 bits per heavy atom. The Kier molecular flexibility index (Phi) is 7.57. The SMILES string of the molecule is COc1ccc(CNCC(=O)NCCc2cccc(Cl)c2)cc1OC. The second-order valence-electron chi connectivity index (χ2n) is 5.52. The number of ether oxygens (including phenoxy) is 2. The minimum atomic E-state index is -0.0393. The smallest absolute Gasteiger partial charge is 0.233 e. The molecule has 134 valence electrons. The molecule has 0 atom stereocenters. The molecule has 2 aromatic carbocycles. The van der Waals surface area contributed by atoms with E-state index in [9.17, 15) is 4.79 Å². The number of hydrogen-bond acceptors (Lipinski definition) is 4. The van der Waals surface area contributed by atoms with Gasteiger partial charge in [-0.1, -0.05) is 29.8 Å². The standard InChI is InChI=1S/C19H23ClN2O3/c1-24-17-7-6-15(11-18(17)25-2)12-21-13-19(23)22-9-8-14-4-3-5-16(20)10-14/h3-7,10-11,21H,8-9,12-13H2,1-2H3,(H,22,23). The highest BCUT2D eigenvalue weighted by Gasteiger charge is 2.05. The van der Waals surface area contributed by atoms with E-state index < -0.39 is 0 Å². The number of halogens is 1. The van der Waals surface area contributed by atoms with Crippen molar-refractivity contribution in [2.45, 2.75) is 13.0 Å². The third kappa shape index (κ3) is 6.29. The van der Waals surface area contributed by atoms with Gasteiger partial charge in [-0.2, -0.15) is 0 Å². The normalized spacial score (nSPS) is 10.4. The van der Waals surface area contributed by atoms with Gasteiger partial charge in [0.05, 0.1) is 20.8 Å². The highest BCUT2D eigenvalue weighted by Crippen LogP contribution is 2.27. The van der Waals surface area contributed by atoms with Gasteiger partial charge in [0.25, 0.3) is 0 Å². The van der Waals surface area contributed by atoms with E-state index in [1.807, 2.05) is 42.5 Å². The van der Waals surface area contributed by atoms with Crippen molar-refractivity contribution >= 4 is 17.5 Å². The van der Waals surface area contributed by atoms with Gasteiger partial charge in [0.2, 0.25) is 5.91 Å². The van der Waals surface area contributed by atoms with Crippen LogP contribution in [0.4, 0.5) is 0 Å². The third-order valence-corrected chi connectivity index (χ3v) is 3.92. The maximum absolute atomic E-state index is 11.9. The van der Waals surface area contributed by atoms with Gasteiger partial charge >= 0.3 is 0 Å². The van der Waals surface area contributed by atoms with Crippen LogP contribution in [0.1, 0.15) is 11.1 Å². The van der Waals surface area contributed by atoms with E-state index in [0.717, 1.165) is 17.5 Å². The summed E-state index contributed by atoms with van der Waals surface area (Å²) in [6.07, 6.45) is 0.752. The molecule has 6 heteroatoms. The summed E-state index contributed by atoms with van der Waals surface area (Å²) in [6.45, 7) is 1.41. The molecule has 2 rings (SSSR count). The fraction of sp³-hybridized carbons (Fsp3) is 0.316. The number of carbonyl (C=O) groups is 1. The number of hydrogen-bond donors (Lipinski definition) is 2. The van der Waals surface area contributed by atoms with Crippen molar-refractivity contribution in [1.82, 2.24) is 10.6 Å². The summed E-state index contributed by atoms with van der Waals surface area (Å²) >= 11 is 5.94. The molecule has 1 amide bonds. The Labute approximate surface area is 153 Å². The molecule has 0 aliphatic carbocycles. The molecule has 0 aliphatic rings. The molecule has 0 aliphatic heterocycles. The first kappa shape index (κ1) is 19.1. The van der Waals surface area contributed by atoms with Gasteiger partial charge in [0.1, 0.15) is 0 Å². The molecular weight excluding hydrogens is 340 g/mol. The van der Waals surface area contributed by atoms with Crippen LogP contribution in [0.15, 0.2) is 42.5 Å². The highest BCUT2D eigenvalue weighted by atomic mass is 35.5. The van der Waals surface area contributed by atoms with Gasteiger partial charge in [0.15, 0.2) is 11.5 Å². The molecule has 2 aromatic rings. The van der Waals surface area contributed by atoms with E-state index in [2.05, 4.69) is 10.6 Å². The summed E-state index contributed by atoms with van der Waals surface area (Å²) in [6, 6.07) is 13.3. The quantitative estimate of drug-likeness (QED) is 0.720. The number of amides is 1. The first-order chi connectivity index (χ1) is 12.1. The monoisotopic (exact) mass is 362 g/mol. The second-order valence-corrected chi connectivity index (χ2v) is 5.96. The molecule has 0 saturated carbocycles. The van der Waals surface area contributed by atoms with Crippen molar-refractivity contribution in [3.63, 3.8) is 0 Å². The lowest BCUT2D eigenvalue weighted by molar-refractivity contribution is -0.120. The minimum Gasteiger partial charge on any atom is -0.493 e. The molecule has 25 heavy (non-hydrogen) atoms. The fourth-order valence-electron chi connectivity index (χ4n) is 2.41. The predicted octanol–water partition coefficient (Wildman–Crippen LogP) is 2.81. The van der Waals surface area contributed by atoms with Crippen molar-refractivity contribution in [1.29, 1.82) is 0 Å². The second kappa shape index (κ2) is 9.91. The van der Waals surface area contributed by atoms with Gasteiger partial charge in [0, 0.05) is 18.1 Å². The summed E-state index contributed by atoms with van der Waals surface area (Å²) in [5.74, 6) is 1.32. The Morgan fingerprint density at radius 2 is 1.84 bits per heavy atom. The van der Waals surface area contributed by atoms with Crippen LogP contribution in [0.2, 0.25) is 5.02 Å². The van der Waals surface area contributed by atoms with Crippen molar-refractivity contribution < 1.29 is 14.3 Å². The van der Waals surface area contributed by atoms with Crippen molar-refractivity contribution in [2.75, 3.05) is 27.3 Å². The molecule has 0 heterocycles. The van der Waals surface area contributed by atoms with E-state index in [1.54, 1.807) is 14.2 Å². The Morgan fingerprint density at radius 1 is 1.04 bits per heavy atom. The summed E-state index contributed by atoms with van der Waals surface area (Å²) in [7, 11) is 3.20. The summed E-state index contributed by atoms with van der Waals surface area (Å²) < 4.78 is 10.5. The average molecular weight is 363 g/mol. The van der Waals surface area contributed by atoms with E-state index in [1.165, 1.54) is 0 Å². The molecule has 0 aromatic heterocycles. The van der Waals surface area contributed by atoms with Crippen molar-refractivity contribution in [3.8, 4) is 11.5 Å². The van der Waals surface area contributed by atoms with Crippen LogP contribution in [0.5, 0.6) is 11.5 Å². The van der Waals surface area contributed by atoms with Gasteiger partial charge < -0.3 is 20.1 Å². The zero-order chi connectivity index (χ0) is 18.1. The molecule has 5 nitrogen and oxygen atoms in total. The van der Waals surface area contributed by atoms with Gasteiger partial charge in [-0.3, -0.25) is 4.79 Å². The molecule has 0 fully saturated rings. The molecule has 0 bridgehead atoms. The van der Waals surface area contributed by atoms with E-state index in [-0.39, 0.29) is 12.5 Å². The number of methoxy groups -OCH3 is 2. The Hall–Kier alpha value is -2.24. The van der Waals surface area contributed by atoms with Crippen molar-refractivity contribution in [3.05, 3.63) is 58.6 Å². The van der Waals surface area contributed by atoms with Crippen molar-refractivity contribution in [2.24, 2.45) is 0 Å². The molecule has 0 radical (unpaired) electrons. The first-order valence-electron chi connectivity index (χ1n) is 8.05. The fourth-order valence-corrected chi connectivity index (χ4v) is 2.63. The lowest BCUT2D eigenvalue weighted by atomic mass is 10.1. The predicted molar refractivity (Wildman–Crippen MR) is 99.4 cm³/mol. The summed E-state index contributed by atoms with van der Waals surface area (Å²) in [5, 5.41) is 6.72. The lowest BCUT2D eigenvalue weighted by Gasteiger charge is -2.10. The number of nitrogens with one attached hydrogen (secondary N) is 2. The summed E-state index contributed by atoms with van der Waals surface area (Å²) in [4.78, 5) is 11.9. The van der Waals surface area contributed by atoms with E-state index in [4.69, 9.17) is 21.1 Å². The van der Waals surface area contributed by atoms with Crippen LogP contribution < -0.4 is 20.1 Å². The molecule has 0 saturated heterocycles. The molecule has 0 spiro atoms. The first-order valence-corrected chi connectivity index (χ1v) is 8.43. The van der Waals surface area contributed by atoms with Crippen LogP contribution in [-0.2, 0) is 17.8 Å². The summed E-state index contributed by atoms with van der Waals surface area (Å²) in [5.41, 5.74) is 2.12. The maximum atomic E-state index is 11.9. The van der Waals surface area contributed by atoms with E-state index >= 15 is 0 Å². The zero-order valence-corrected chi connectivity index (χ0v) is 15.2. The molecule has 2 N–H and O–H groups in total. The van der Waals surface area contributed by atoms with Crippen LogP contribution in [0.25, 0.3) is 0 Å². The largest absolute Gasteiger partial charge is 0.493 e. The maximum Gasteiger partial charge on any atom is 0.233 e. The number of benzene rings is 2. The van der Waals surface area contributed by atoms with Crippen LogP contribution in [0, 0.1) is 0 Å². The molecule has 0 unspecified atom stereocenters. The average Bonchev–Trinajstić information content (AvgIpc) is 2.61. The Balaban J connectivity index is 1.70. The van der Waals surface area contributed by atoms with Crippen LogP contribution in [0.3, 0.4) is 0 Å². The zero-order valence-electron chi connectivity index (χ0n) is 14.5. The molecular formula is C19H23ClN2O3. The Bertz CT molecular complexity index is 707. The van der Waals surface area contributed by atoms with Gasteiger partial charge in [-0.15, -0.1) is 0 Å². The minimum absolute atomic E-state index is 0.0393.